The van der Waals surface area contributed by atoms with Crippen molar-refractivity contribution in [3.8, 4) is 11.5 Å². The third-order valence-electron chi connectivity index (χ3n) is 1.62. The molecule has 3 nitrogen and oxygen atoms in total. The summed E-state index contributed by atoms with van der Waals surface area (Å²) in [4.78, 5) is 9.17. The molecule has 0 radical (unpaired) electrons. The summed E-state index contributed by atoms with van der Waals surface area (Å²) in [5.74, 6) is 1.64. The van der Waals surface area contributed by atoms with E-state index < -0.39 is 0 Å². The summed E-state index contributed by atoms with van der Waals surface area (Å²) < 4.78 is 10.7. The maximum Gasteiger partial charge on any atom is 0.161 e. The number of benzene rings is 1. The SMILES string of the molecule is CCC=O.CCOc1ccccc1OCC. The average Bonchev–Trinajstić information content (AvgIpc) is 2.33. The van der Waals surface area contributed by atoms with E-state index in [9.17, 15) is 4.79 Å². The Hall–Kier alpha value is -1.51. The lowest BCUT2D eigenvalue weighted by molar-refractivity contribution is -0.107. The van der Waals surface area contributed by atoms with Gasteiger partial charge in [0.05, 0.1) is 13.2 Å². The first-order valence-electron chi connectivity index (χ1n) is 5.58. The summed E-state index contributed by atoms with van der Waals surface area (Å²) in [6.45, 7) is 7.08. The fourth-order valence-corrected chi connectivity index (χ4v) is 1.000. The Bertz CT molecular complexity index is 259. The van der Waals surface area contributed by atoms with Gasteiger partial charge in [-0.05, 0) is 26.0 Å². The minimum atomic E-state index is 0.639. The summed E-state index contributed by atoms with van der Waals surface area (Å²) in [7, 11) is 0. The van der Waals surface area contributed by atoms with E-state index in [4.69, 9.17) is 9.47 Å². The number of hydrogen-bond acceptors (Lipinski definition) is 3. The Kier molecular flexibility index (Phi) is 9.08. The summed E-state index contributed by atoms with van der Waals surface area (Å²) in [6, 6.07) is 7.70. The summed E-state index contributed by atoms with van der Waals surface area (Å²) in [6.07, 6.45) is 1.51. The Morgan fingerprint density at radius 2 is 1.38 bits per heavy atom. The van der Waals surface area contributed by atoms with Gasteiger partial charge in [-0.2, -0.15) is 0 Å². The van der Waals surface area contributed by atoms with Gasteiger partial charge in [-0.25, -0.2) is 0 Å². The fourth-order valence-electron chi connectivity index (χ4n) is 1.000. The molecule has 0 heterocycles. The van der Waals surface area contributed by atoms with Gasteiger partial charge in [0.25, 0.3) is 0 Å². The number of aldehydes is 1. The molecule has 0 aromatic heterocycles. The highest BCUT2D eigenvalue weighted by Crippen LogP contribution is 2.25. The minimum absolute atomic E-state index is 0.639. The molecule has 0 aliphatic carbocycles. The number of rotatable bonds is 5. The second-order valence-electron chi connectivity index (χ2n) is 2.89. The van der Waals surface area contributed by atoms with Crippen LogP contribution in [0.25, 0.3) is 0 Å². The minimum Gasteiger partial charge on any atom is -0.490 e. The van der Waals surface area contributed by atoms with Gasteiger partial charge in [0.15, 0.2) is 11.5 Å². The number of carbonyl (C=O) groups is 1. The van der Waals surface area contributed by atoms with Crippen LogP contribution in [0.3, 0.4) is 0 Å². The van der Waals surface area contributed by atoms with Crippen molar-refractivity contribution in [3.63, 3.8) is 0 Å². The molecule has 0 fully saturated rings. The lowest BCUT2D eigenvalue weighted by Gasteiger charge is -2.09. The Balaban J connectivity index is 0.000000487. The van der Waals surface area contributed by atoms with Crippen LogP contribution in [0, 0.1) is 0 Å². The van der Waals surface area contributed by atoms with Crippen LogP contribution < -0.4 is 9.47 Å². The number of carbonyl (C=O) groups excluding carboxylic acids is 1. The maximum atomic E-state index is 9.17. The van der Waals surface area contributed by atoms with E-state index in [0.717, 1.165) is 17.8 Å². The van der Waals surface area contributed by atoms with Crippen molar-refractivity contribution in [1.82, 2.24) is 0 Å². The van der Waals surface area contributed by atoms with Crippen LogP contribution in [0.4, 0.5) is 0 Å². The van der Waals surface area contributed by atoms with Gasteiger partial charge in [-0.3, -0.25) is 0 Å². The highest BCUT2D eigenvalue weighted by Gasteiger charge is 2.00. The van der Waals surface area contributed by atoms with Crippen LogP contribution in [-0.4, -0.2) is 19.5 Å². The van der Waals surface area contributed by atoms with Crippen molar-refractivity contribution < 1.29 is 14.3 Å². The molecule has 1 aromatic carbocycles. The van der Waals surface area contributed by atoms with Crippen LogP contribution in [0.1, 0.15) is 27.2 Å². The van der Waals surface area contributed by atoms with E-state index in [1.807, 2.05) is 45.0 Å². The van der Waals surface area contributed by atoms with Crippen LogP contribution in [0.15, 0.2) is 24.3 Å². The smallest absolute Gasteiger partial charge is 0.161 e. The molecule has 0 N–H and O–H groups in total. The molecule has 0 saturated heterocycles. The van der Waals surface area contributed by atoms with E-state index in [1.165, 1.54) is 0 Å². The number of ether oxygens (including phenoxy) is 2. The molecule has 0 atom stereocenters. The van der Waals surface area contributed by atoms with Crippen molar-refractivity contribution in [2.24, 2.45) is 0 Å². The molecule has 0 unspecified atom stereocenters. The molecule has 0 aliphatic rings. The van der Waals surface area contributed by atoms with Crippen molar-refractivity contribution >= 4 is 6.29 Å². The van der Waals surface area contributed by atoms with Crippen molar-refractivity contribution in [3.05, 3.63) is 24.3 Å². The van der Waals surface area contributed by atoms with Crippen LogP contribution in [0.5, 0.6) is 11.5 Å². The van der Waals surface area contributed by atoms with Crippen molar-refractivity contribution in [1.29, 1.82) is 0 Å². The molecule has 0 spiro atoms. The lowest BCUT2D eigenvalue weighted by atomic mass is 10.3. The first-order chi connectivity index (χ1) is 7.79. The zero-order valence-corrected chi connectivity index (χ0v) is 10.2. The molecule has 0 saturated carbocycles. The van der Waals surface area contributed by atoms with Crippen molar-refractivity contribution in [2.75, 3.05) is 13.2 Å². The van der Waals surface area contributed by atoms with Crippen LogP contribution in [-0.2, 0) is 4.79 Å². The monoisotopic (exact) mass is 224 g/mol. The molecule has 0 aliphatic heterocycles. The Morgan fingerprint density at radius 1 is 1.00 bits per heavy atom. The molecule has 16 heavy (non-hydrogen) atoms. The highest BCUT2D eigenvalue weighted by atomic mass is 16.5. The van der Waals surface area contributed by atoms with E-state index in [0.29, 0.717) is 19.6 Å². The van der Waals surface area contributed by atoms with E-state index in [2.05, 4.69) is 0 Å². The Morgan fingerprint density at radius 3 is 1.62 bits per heavy atom. The van der Waals surface area contributed by atoms with Gasteiger partial charge >= 0.3 is 0 Å². The van der Waals surface area contributed by atoms with Crippen molar-refractivity contribution in [2.45, 2.75) is 27.2 Å². The topological polar surface area (TPSA) is 35.5 Å². The van der Waals surface area contributed by atoms with Gasteiger partial charge in [-0.15, -0.1) is 0 Å². The standard InChI is InChI=1S/C10H14O2.C3H6O/c1-3-11-9-7-5-6-8-10(9)12-4-2;1-2-3-4/h5-8H,3-4H2,1-2H3;3H,2H2,1H3. The summed E-state index contributed by atoms with van der Waals surface area (Å²) in [5.41, 5.74) is 0. The lowest BCUT2D eigenvalue weighted by Crippen LogP contribution is -1.97. The molecule has 1 rings (SSSR count). The summed E-state index contributed by atoms with van der Waals surface area (Å²) in [5, 5.41) is 0. The zero-order valence-electron chi connectivity index (χ0n) is 10.2. The zero-order chi connectivity index (χ0) is 12.2. The number of para-hydroxylation sites is 2. The van der Waals surface area contributed by atoms with Crippen LogP contribution in [0.2, 0.25) is 0 Å². The van der Waals surface area contributed by atoms with Gasteiger partial charge in [-0.1, -0.05) is 19.1 Å². The predicted molar refractivity (Wildman–Crippen MR) is 65.1 cm³/mol. The molecule has 1 aromatic rings. The van der Waals surface area contributed by atoms with Gasteiger partial charge in [0.2, 0.25) is 0 Å². The Labute approximate surface area is 97.4 Å². The molecular weight excluding hydrogens is 204 g/mol. The largest absolute Gasteiger partial charge is 0.490 e. The first kappa shape index (κ1) is 14.5. The van der Waals surface area contributed by atoms with Crippen LogP contribution >= 0.6 is 0 Å². The molecule has 90 valence electrons. The molecule has 3 heteroatoms. The normalized spacial score (nSPS) is 8.69. The molecular formula is C13H20O3. The average molecular weight is 224 g/mol. The molecule has 0 amide bonds. The maximum absolute atomic E-state index is 9.17. The summed E-state index contributed by atoms with van der Waals surface area (Å²) >= 11 is 0. The van der Waals surface area contributed by atoms with Gasteiger partial charge in [0, 0.05) is 6.42 Å². The van der Waals surface area contributed by atoms with E-state index in [1.54, 1.807) is 0 Å². The fraction of sp³-hybridized carbons (Fsp3) is 0.462. The number of hydrogen-bond donors (Lipinski definition) is 0. The van der Waals surface area contributed by atoms with Gasteiger partial charge in [0.1, 0.15) is 6.29 Å². The predicted octanol–water partition coefficient (Wildman–Crippen LogP) is 3.08. The van der Waals surface area contributed by atoms with Gasteiger partial charge < -0.3 is 14.3 Å². The second-order valence-corrected chi connectivity index (χ2v) is 2.89. The third kappa shape index (κ3) is 6.06. The first-order valence-corrected chi connectivity index (χ1v) is 5.58. The highest BCUT2D eigenvalue weighted by molar-refractivity contribution is 5.48. The molecule has 0 bridgehead atoms. The van der Waals surface area contributed by atoms with E-state index in [-0.39, 0.29) is 0 Å². The second kappa shape index (κ2) is 10.0. The van der Waals surface area contributed by atoms with E-state index >= 15 is 0 Å². The quantitative estimate of drug-likeness (QED) is 0.721. The third-order valence-corrected chi connectivity index (χ3v) is 1.62.